The molecule has 3 fully saturated rings. The zero-order valence-electron chi connectivity index (χ0n) is 25.0. The molecule has 1 aromatic rings. The van der Waals surface area contributed by atoms with Crippen molar-refractivity contribution in [1.29, 1.82) is 0 Å². The van der Waals surface area contributed by atoms with Crippen LogP contribution in [0.2, 0.25) is 0 Å². The van der Waals surface area contributed by atoms with Crippen molar-refractivity contribution in [2.75, 3.05) is 7.11 Å². The zero-order chi connectivity index (χ0) is 31.0. The highest BCUT2D eigenvalue weighted by atomic mass is 16.6. The van der Waals surface area contributed by atoms with E-state index in [2.05, 4.69) is 0 Å². The molecule has 0 amide bonds. The van der Waals surface area contributed by atoms with Crippen molar-refractivity contribution in [3.63, 3.8) is 0 Å². The van der Waals surface area contributed by atoms with E-state index in [9.17, 15) is 29.1 Å². The average Bonchev–Trinajstić information content (AvgIpc) is 3.43. The summed E-state index contributed by atoms with van der Waals surface area (Å²) in [6.07, 6.45) is 0.222. The van der Waals surface area contributed by atoms with Gasteiger partial charge in [-0.15, -0.1) is 0 Å². The third kappa shape index (κ3) is 4.06. The molecule has 2 saturated carbocycles. The number of ether oxygens (including phenoxy) is 4. The fourth-order valence-electron chi connectivity index (χ4n) is 8.93. The smallest absolute Gasteiger partial charge is 0.347 e. The number of esters is 4. The third-order valence-electron chi connectivity index (χ3n) is 10.4. The van der Waals surface area contributed by atoms with Crippen LogP contribution in [-0.4, -0.2) is 59.7 Å². The lowest BCUT2D eigenvalue weighted by atomic mass is 9.39. The van der Waals surface area contributed by atoms with Crippen molar-refractivity contribution in [2.24, 2.45) is 28.1 Å². The van der Waals surface area contributed by atoms with E-state index in [1.54, 1.807) is 26.8 Å². The summed E-state index contributed by atoms with van der Waals surface area (Å²) >= 11 is 0. The molecule has 0 spiro atoms. The molecule has 4 aliphatic rings. The lowest BCUT2D eigenvalue weighted by molar-refractivity contribution is -0.248. The van der Waals surface area contributed by atoms with Crippen LogP contribution in [0, 0.1) is 28.1 Å². The molecule has 11 nitrogen and oxygen atoms in total. The Labute approximate surface area is 243 Å². The van der Waals surface area contributed by atoms with E-state index in [-0.39, 0.29) is 12.8 Å². The second-order valence-corrected chi connectivity index (χ2v) is 13.2. The zero-order valence-corrected chi connectivity index (χ0v) is 25.0. The van der Waals surface area contributed by atoms with Gasteiger partial charge in [0.15, 0.2) is 11.4 Å². The molecule has 11 heteroatoms. The van der Waals surface area contributed by atoms with E-state index in [1.807, 2.05) is 6.92 Å². The number of Topliss-reactive ketones (excluding diaryl/α,β-unsaturated/α-hetero) is 1. The maximum atomic E-state index is 14.6. The minimum Gasteiger partial charge on any atom is -0.472 e. The van der Waals surface area contributed by atoms with Gasteiger partial charge in [-0.2, -0.15) is 0 Å². The van der Waals surface area contributed by atoms with E-state index < -0.39 is 81.7 Å². The van der Waals surface area contributed by atoms with Gasteiger partial charge < -0.3 is 28.5 Å². The molecule has 1 saturated heterocycles. The first-order chi connectivity index (χ1) is 19.5. The first-order valence-electron chi connectivity index (χ1n) is 14.2. The highest BCUT2D eigenvalue weighted by molar-refractivity contribution is 5.98. The summed E-state index contributed by atoms with van der Waals surface area (Å²) in [6.45, 7) is 9.39. The van der Waals surface area contributed by atoms with E-state index in [1.165, 1.54) is 19.5 Å². The number of carbonyl (C=O) groups is 5. The Morgan fingerprint density at radius 2 is 1.79 bits per heavy atom. The molecule has 2 heterocycles. The summed E-state index contributed by atoms with van der Waals surface area (Å²) in [7, 11) is 1.16. The average molecular weight is 587 g/mol. The van der Waals surface area contributed by atoms with Crippen LogP contribution >= 0.6 is 0 Å². The van der Waals surface area contributed by atoms with Crippen molar-refractivity contribution in [1.82, 2.24) is 0 Å². The number of furan rings is 1. The van der Waals surface area contributed by atoms with Gasteiger partial charge in [-0.25, -0.2) is 4.79 Å². The quantitative estimate of drug-likeness (QED) is 0.307. The molecule has 5 rings (SSSR count). The van der Waals surface area contributed by atoms with Crippen LogP contribution in [0.4, 0.5) is 0 Å². The molecule has 2 bridgehead atoms. The van der Waals surface area contributed by atoms with Gasteiger partial charge in [-0.3, -0.25) is 19.2 Å². The fraction of sp³-hybridized carbons (Fsp3) is 0.645. The SMILES string of the molecule is COC(=O)[C@@H](OC(C)=O)[C@H]1C(C)(C)[C@@H](OC(C)=O)[C@@]2(O)CC3=C4CC(=O)O[C@@H](c5ccoc5)[C@@]4(C)CC[C@H]3[C@]1(C)C2=O. The summed E-state index contributed by atoms with van der Waals surface area (Å²) in [5.74, 6) is -5.00. The van der Waals surface area contributed by atoms with Gasteiger partial charge in [0.25, 0.3) is 0 Å². The number of ketones is 1. The Bertz CT molecular complexity index is 1370. The number of rotatable bonds is 5. The number of hydrogen-bond acceptors (Lipinski definition) is 11. The van der Waals surface area contributed by atoms with Gasteiger partial charge in [0.2, 0.25) is 6.10 Å². The molecule has 0 aromatic carbocycles. The Hall–Kier alpha value is -3.47. The summed E-state index contributed by atoms with van der Waals surface area (Å²) < 4.78 is 27.5. The molecule has 0 radical (unpaired) electrons. The topological polar surface area (TPSA) is 156 Å². The molecule has 0 unspecified atom stereocenters. The van der Waals surface area contributed by atoms with Crippen molar-refractivity contribution in [2.45, 2.75) is 91.1 Å². The van der Waals surface area contributed by atoms with Crippen LogP contribution < -0.4 is 0 Å². The number of fused-ring (bicyclic) bond motifs is 5. The normalized spacial score (nSPS) is 37.5. The number of carbonyl (C=O) groups excluding carboxylic acids is 5. The monoisotopic (exact) mass is 586 g/mol. The van der Waals surface area contributed by atoms with Gasteiger partial charge in [-0.1, -0.05) is 33.3 Å². The lowest BCUT2D eigenvalue weighted by Gasteiger charge is -2.66. The minimum atomic E-state index is -2.18. The number of hydrogen-bond donors (Lipinski definition) is 1. The fourth-order valence-corrected chi connectivity index (χ4v) is 8.93. The van der Waals surface area contributed by atoms with Crippen LogP contribution in [0.25, 0.3) is 0 Å². The molecule has 3 aliphatic carbocycles. The maximum Gasteiger partial charge on any atom is 0.347 e. The maximum absolute atomic E-state index is 14.6. The minimum absolute atomic E-state index is 0.0479. The van der Waals surface area contributed by atoms with Crippen LogP contribution in [0.3, 0.4) is 0 Å². The summed E-state index contributed by atoms with van der Waals surface area (Å²) in [5.41, 5.74) is -3.44. The Balaban J connectivity index is 1.78. The Kier molecular flexibility index (Phi) is 6.99. The third-order valence-corrected chi connectivity index (χ3v) is 10.4. The second-order valence-electron chi connectivity index (χ2n) is 13.2. The van der Waals surface area contributed by atoms with Gasteiger partial charge in [0.05, 0.1) is 26.1 Å². The van der Waals surface area contributed by atoms with Gasteiger partial charge in [0, 0.05) is 48.0 Å². The Morgan fingerprint density at radius 1 is 1.10 bits per heavy atom. The molecule has 8 atom stereocenters. The molecule has 42 heavy (non-hydrogen) atoms. The van der Waals surface area contributed by atoms with Crippen molar-refractivity contribution < 1.29 is 52.4 Å². The molecule has 1 aliphatic heterocycles. The molecule has 1 N–H and O–H groups in total. The van der Waals surface area contributed by atoms with Gasteiger partial charge >= 0.3 is 23.9 Å². The van der Waals surface area contributed by atoms with Crippen LogP contribution in [0.15, 0.2) is 34.2 Å². The lowest BCUT2D eigenvalue weighted by Crippen LogP contribution is -2.76. The predicted octanol–water partition coefficient (Wildman–Crippen LogP) is 3.38. The first kappa shape index (κ1) is 30.0. The molecule has 228 valence electrons. The van der Waals surface area contributed by atoms with Gasteiger partial charge in [0.1, 0.15) is 12.2 Å². The number of methoxy groups -OCH3 is 1. The molecular formula is C31H38O11. The van der Waals surface area contributed by atoms with Crippen molar-refractivity contribution in [3.05, 3.63) is 35.3 Å². The number of cyclic esters (lactones) is 1. The highest BCUT2D eigenvalue weighted by Crippen LogP contribution is 2.69. The molecule has 1 aromatic heterocycles. The number of aliphatic hydroxyl groups is 1. The van der Waals surface area contributed by atoms with E-state index >= 15 is 0 Å². The van der Waals surface area contributed by atoms with Gasteiger partial charge in [-0.05, 0) is 30.4 Å². The van der Waals surface area contributed by atoms with Crippen LogP contribution in [0.1, 0.15) is 78.9 Å². The summed E-state index contributed by atoms with van der Waals surface area (Å²) in [6, 6.07) is 1.74. The second kappa shape index (κ2) is 9.79. The Morgan fingerprint density at radius 3 is 2.36 bits per heavy atom. The van der Waals surface area contributed by atoms with E-state index in [4.69, 9.17) is 23.4 Å². The largest absolute Gasteiger partial charge is 0.472 e. The molecular weight excluding hydrogens is 548 g/mol. The standard InChI is InChI=1S/C31H38O11/c1-15(32)40-22(25(35)38-7)23-28(3,4)27(41-16(2)33)31(37)13-18-19(30(23,6)26(31)36)8-10-29(5)20(18)12-21(34)42-24(29)17-9-11-39-14-17/h9,11,14,19,22-24,27,37H,8,10,12-13H2,1-7H3/t19-,22+,23+,24+,27-,29+,30+,31-/m1/s1. The van der Waals surface area contributed by atoms with Crippen LogP contribution in [-0.2, 0) is 42.9 Å². The van der Waals surface area contributed by atoms with Crippen LogP contribution in [0.5, 0.6) is 0 Å². The summed E-state index contributed by atoms with van der Waals surface area (Å²) in [4.78, 5) is 65.6. The van der Waals surface area contributed by atoms with Crippen molar-refractivity contribution in [3.8, 4) is 0 Å². The van der Waals surface area contributed by atoms with E-state index in [0.717, 1.165) is 19.6 Å². The highest BCUT2D eigenvalue weighted by Gasteiger charge is 2.76. The van der Waals surface area contributed by atoms with Crippen molar-refractivity contribution >= 4 is 29.7 Å². The van der Waals surface area contributed by atoms with E-state index in [0.29, 0.717) is 24.0 Å². The first-order valence-corrected chi connectivity index (χ1v) is 14.2. The summed E-state index contributed by atoms with van der Waals surface area (Å²) in [5, 5.41) is 12.4. The predicted molar refractivity (Wildman–Crippen MR) is 143 cm³/mol.